The fourth-order valence-electron chi connectivity index (χ4n) is 1.57. The Hall–Kier alpha value is -1.38. The summed E-state index contributed by atoms with van der Waals surface area (Å²) < 4.78 is 55.7. The zero-order valence-corrected chi connectivity index (χ0v) is 14.3. The van der Waals surface area contributed by atoms with E-state index in [4.69, 9.17) is 0 Å². The van der Waals surface area contributed by atoms with Crippen LogP contribution in [-0.4, -0.2) is 7.25 Å². The SMILES string of the molecule is F/C(=C\[I+]c1ccccc1)CCc1ccccc1.F[B-](F)(F)F. The first-order chi connectivity index (χ1) is 10.8. The molecule has 7 heteroatoms. The minimum atomic E-state index is -6.00. The van der Waals surface area contributed by atoms with Crippen LogP contribution in [0.5, 0.6) is 0 Å². The molecule has 0 amide bonds. The van der Waals surface area contributed by atoms with E-state index in [1.807, 2.05) is 48.5 Å². The second-order valence-electron chi connectivity index (χ2n) is 4.44. The van der Waals surface area contributed by atoms with Gasteiger partial charge < -0.3 is 17.3 Å². The van der Waals surface area contributed by atoms with Gasteiger partial charge in [-0.1, -0.05) is 48.5 Å². The Balaban J connectivity index is 0.000000463. The molecule has 124 valence electrons. The van der Waals surface area contributed by atoms with E-state index in [2.05, 4.69) is 12.1 Å². The first-order valence-corrected chi connectivity index (χ1v) is 9.11. The second kappa shape index (κ2) is 10.4. The summed E-state index contributed by atoms with van der Waals surface area (Å²) in [7, 11) is -6.00. The van der Waals surface area contributed by atoms with E-state index >= 15 is 0 Å². The van der Waals surface area contributed by atoms with Crippen molar-refractivity contribution in [2.45, 2.75) is 12.8 Å². The maximum absolute atomic E-state index is 13.7. The molecule has 0 atom stereocenters. The Morgan fingerprint density at radius 2 is 1.35 bits per heavy atom. The van der Waals surface area contributed by atoms with Crippen molar-refractivity contribution < 1.29 is 42.9 Å². The molecule has 0 radical (unpaired) electrons. The Kier molecular flexibility index (Phi) is 8.90. The van der Waals surface area contributed by atoms with Crippen molar-refractivity contribution in [3.8, 4) is 0 Å². The van der Waals surface area contributed by atoms with Crippen LogP contribution in [0, 0.1) is 3.57 Å². The fourth-order valence-corrected chi connectivity index (χ4v) is 3.41. The minimum absolute atomic E-state index is 0.0236. The molecule has 2 aromatic rings. The second-order valence-corrected chi connectivity index (χ2v) is 6.93. The van der Waals surface area contributed by atoms with Gasteiger partial charge in [0.2, 0.25) is 0 Å². The van der Waals surface area contributed by atoms with Crippen LogP contribution in [0.25, 0.3) is 0 Å². The summed E-state index contributed by atoms with van der Waals surface area (Å²) in [6, 6.07) is 20.2. The van der Waals surface area contributed by atoms with Gasteiger partial charge in [0.1, 0.15) is 5.83 Å². The number of benzene rings is 2. The summed E-state index contributed by atoms with van der Waals surface area (Å²) in [6.07, 6.45) is 1.29. The smallest absolute Gasteiger partial charge is 0.418 e. The highest BCUT2D eigenvalue weighted by Crippen LogP contribution is 2.08. The highest BCUT2D eigenvalue weighted by molar-refractivity contribution is 6.50. The lowest BCUT2D eigenvalue weighted by Crippen LogP contribution is -3.59. The number of allylic oxidation sites excluding steroid dienone is 1. The van der Waals surface area contributed by atoms with Crippen LogP contribution < -0.4 is 21.2 Å². The van der Waals surface area contributed by atoms with Gasteiger partial charge in [-0.3, -0.25) is 0 Å². The molecule has 0 fully saturated rings. The lowest BCUT2D eigenvalue weighted by Gasteiger charge is -1.97. The third kappa shape index (κ3) is 11.8. The van der Waals surface area contributed by atoms with Crippen molar-refractivity contribution in [1.29, 1.82) is 0 Å². The Labute approximate surface area is 142 Å². The molecule has 0 aliphatic carbocycles. The molecule has 0 heterocycles. The molecule has 0 aliphatic heterocycles. The lowest BCUT2D eigenvalue weighted by molar-refractivity contribution is -0.558. The van der Waals surface area contributed by atoms with Gasteiger partial charge in [0.25, 0.3) is 0 Å². The standard InChI is InChI=1S/C16H15FI.BF4/c17-15(12-11-14-7-3-1-4-8-14)13-18-16-9-5-2-6-10-16;2-1(3,4)5/h1-10,13H,11-12H2;/q+1;-1/b15-13-;. The molecule has 2 rings (SSSR count). The summed E-state index contributed by atoms with van der Waals surface area (Å²) in [5.41, 5.74) is 1.19. The Bertz CT molecular complexity index is 578. The van der Waals surface area contributed by atoms with E-state index in [9.17, 15) is 21.7 Å². The first kappa shape index (κ1) is 19.7. The minimum Gasteiger partial charge on any atom is -0.418 e. The quantitative estimate of drug-likeness (QED) is 0.382. The van der Waals surface area contributed by atoms with Crippen LogP contribution in [0.1, 0.15) is 12.0 Å². The van der Waals surface area contributed by atoms with Gasteiger partial charge in [-0.25, -0.2) is 4.39 Å². The number of hydrogen-bond acceptors (Lipinski definition) is 0. The predicted molar refractivity (Wildman–Crippen MR) is 79.3 cm³/mol. The van der Waals surface area contributed by atoms with Gasteiger partial charge in [-0.2, -0.15) is 0 Å². The van der Waals surface area contributed by atoms with E-state index in [1.54, 1.807) is 4.08 Å². The molecular formula is C16H15BF5I. The topological polar surface area (TPSA) is 0 Å². The average Bonchev–Trinajstić information content (AvgIpc) is 2.51. The largest absolute Gasteiger partial charge is 0.673 e. The van der Waals surface area contributed by atoms with Crippen molar-refractivity contribution in [2.24, 2.45) is 0 Å². The molecule has 0 N–H and O–H groups in total. The number of hydrogen-bond donors (Lipinski definition) is 0. The molecule has 2 aromatic carbocycles. The molecule has 23 heavy (non-hydrogen) atoms. The Morgan fingerprint density at radius 3 is 1.87 bits per heavy atom. The van der Waals surface area contributed by atoms with Gasteiger partial charge in [-0.05, 0) is 24.1 Å². The zero-order chi connectivity index (χ0) is 17.1. The monoisotopic (exact) mass is 440 g/mol. The fraction of sp³-hybridized carbons (Fsp3) is 0.125. The van der Waals surface area contributed by atoms with E-state index in [-0.39, 0.29) is 27.0 Å². The van der Waals surface area contributed by atoms with Crippen molar-refractivity contribution in [3.63, 3.8) is 0 Å². The summed E-state index contributed by atoms with van der Waals surface area (Å²) in [6.45, 7) is 0. The Morgan fingerprint density at radius 1 is 0.870 bits per heavy atom. The van der Waals surface area contributed by atoms with E-state index in [0.717, 1.165) is 6.42 Å². The van der Waals surface area contributed by atoms with Crippen molar-refractivity contribution >= 4 is 7.25 Å². The number of aryl methyl sites for hydroxylation is 1. The summed E-state index contributed by atoms with van der Waals surface area (Å²) in [5, 5.41) is 0. The highest BCUT2D eigenvalue weighted by atomic mass is 127. The molecule has 0 nitrogen and oxygen atoms in total. The molecule has 0 unspecified atom stereocenters. The van der Waals surface area contributed by atoms with Crippen LogP contribution in [0.15, 0.2) is 70.6 Å². The van der Waals surface area contributed by atoms with Gasteiger partial charge in [0.05, 0.1) is 0 Å². The summed E-state index contributed by atoms with van der Waals surface area (Å²) in [4.78, 5) is 0. The molecule has 0 spiro atoms. The van der Waals surface area contributed by atoms with Crippen molar-refractivity contribution in [1.82, 2.24) is 0 Å². The van der Waals surface area contributed by atoms with E-state index in [1.165, 1.54) is 9.13 Å². The maximum atomic E-state index is 13.7. The van der Waals surface area contributed by atoms with Gasteiger partial charge >= 0.3 is 28.5 Å². The third-order valence-electron chi connectivity index (χ3n) is 2.53. The summed E-state index contributed by atoms with van der Waals surface area (Å²) >= 11 is -0.333. The van der Waals surface area contributed by atoms with Crippen LogP contribution in [0.3, 0.4) is 0 Å². The van der Waals surface area contributed by atoms with E-state index in [0.29, 0.717) is 6.42 Å². The van der Waals surface area contributed by atoms with Gasteiger partial charge in [0.15, 0.2) is 7.65 Å². The zero-order valence-electron chi connectivity index (χ0n) is 12.1. The number of halogens is 6. The molecule has 0 aromatic heterocycles. The average molecular weight is 440 g/mol. The molecule has 0 bridgehead atoms. The maximum Gasteiger partial charge on any atom is 0.673 e. The lowest BCUT2D eigenvalue weighted by atomic mass is 10.1. The van der Waals surface area contributed by atoms with Crippen molar-refractivity contribution in [3.05, 3.63) is 79.7 Å². The predicted octanol–water partition coefficient (Wildman–Crippen LogP) is 2.69. The molecular weight excluding hydrogens is 425 g/mol. The molecule has 0 saturated heterocycles. The third-order valence-corrected chi connectivity index (χ3v) is 4.95. The van der Waals surface area contributed by atoms with Crippen LogP contribution >= 0.6 is 0 Å². The van der Waals surface area contributed by atoms with Crippen LogP contribution in [-0.2, 0) is 6.42 Å². The van der Waals surface area contributed by atoms with Gasteiger partial charge in [0, 0.05) is 6.42 Å². The van der Waals surface area contributed by atoms with E-state index < -0.39 is 7.25 Å². The normalized spacial score (nSPS) is 11.6. The highest BCUT2D eigenvalue weighted by Gasteiger charge is 2.20. The molecule has 0 aliphatic rings. The van der Waals surface area contributed by atoms with Crippen molar-refractivity contribution in [2.75, 3.05) is 0 Å². The van der Waals surface area contributed by atoms with Crippen LogP contribution in [0.2, 0.25) is 0 Å². The summed E-state index contributed by atoms with van der Waals surface area (Å²) in [5.74, 6) is 0.0236. The first-order valence-electron chi connectivity index (χ1n) is 6.79. The van der Waals surface area contributed by atoms with Gasteiger partial charge in [-0.15, -0.1) is 0 Å². The van der Waals surface area contributed by atoms with Crippen LogP contribution in [0.4, 0.5) is 21.7 Å². The molecule has 0 saturated carbocycles. The number of rotatable bonds is 5.